The number of carbonyl (C=O) groups excluding carboxylic acids is 2. The van der Waals surface area contributed by atoms with Gasteiger partial charge in [0.15, 0.2) is 6.61 Å². The zero-order valence-electron chi connectivity index (χ0n) is 24.8. The maximum Gasteiger partial charge on any atom is 0.410 e. The number of benzene rings is 1. The quantitative estimate of drug-likeness (QED) is 0.208. The van der Waals surface area contributed by atoms with Gasteiger partial charge in [-0.1, -0.05) is 45.2 Å². The number of aliphatic hydroxyl groups excluding tert-OH is 1. The van der Waals surface area contributed by atoms with Crippen molar-refractivity contribution in [3.63, 3.8) is 0 Å². The van der Waals surface area contributed by atoms with Gasteiger partial charge in [0.1, 0.15) is 11.9 Å². The van der Waals surface area contributed by atoms with Gasteiger partial charge in [-0.15, -0.1) is 0 Å². The lowest BCUT2D eigenvalue weighted by molar-refractivity contribution is -0.146. The third-order valence-electron chi connectivity index (χ3n) is 9.29. The molecule has 0 unspecified atom stereocenters. The number of fused-ring (bicyclic) bond motifs is 2. The highest BCUT2D eigenvalue weighted by molar-refractivity contribution is 5.71. The summed E-state index contributed by atoms with van der Waals surface area (Å²) >= 11 is 0. The molecule has 4 rings (SSSR count). The van der Waals surface area contributed by atoms with Crippen molar-refractivity contribution in [2.24, 2.45) is 17.8 Å². The molecule has 1 saturated carbocycles. The van der Waals surface area contributed by atoms with Crippen LogP contribution in [-0.2, 0) is 27.1 Å². The summed E-state index contributed by atoms with van der Waals surface area (Å²) in [7, 11) is 0. The molecule has 224 valence electrons. The van der Waals surface area contributed by atoms with Crippen LogP contribution in [0, 0.1) is 17.8 Å². The normalized spacial score (nSPS) is 24.6. The number of rotatable bonds is 14. The number of piperidine rings is 1. The predicted molar refractivity (Wildman–Crippen MR) is 155 cm³/mol. The Hall–Kier alpha value is -2.28. The molecule has 7 nitrogen and oxygen atoms in total. The number of unbranched alkanes of at least 4 members (excludes halogenated alkanes) is 3. The highest BCUT2D eigenvalue weighted by Gasteiger charge is 2.45. The van der Waals surface area contributed by atoms with Gasteiger partial charge in [0.25, 0.3) is 0 Å². The molecule has 5 atom stereocenters. The summed E-state index contributed by atoms with van der Waals surface area (Å²) in [5.74, 6) is 1.44. The molecule has 0 spiro atoms. The molecule has 0 radical (unpaired) electrons. The smallest absolute Gasteiger partial charge is 0.410 e. The molecule has 1 aromatic carbocycles. The molecule has 2 aliphatic carbocycles. The molecule has 1 saturated heterocycles. The molecule has 7 heteroatoms. The Morgan fingerprint density at radius 1 is 1.02 bits per heavy atom. The number of amides is 1. The highest BCUT2D eigenvalue weighted by atomic mass is 16.6. The minimum atomic E-state index is -0.337. The Balaban J connectivity index is 1.35. The van der Waals surface area contributed by atoms with Crippen LogP contribution in [0.1, 0.15) is 102 Å². The average molecular weight is 558 g/mol. The van der Waals surface area contributed by atoms with Crippen molar-refractivity contribution in [1.29, 1.82) is 0 Å². The zero-order chi connectivity index (χ0) is 28.3. The Morgan fingerprint density at radius 2 is 1.82 bits per heavy atom. The Labute approximate surface area is 240 Å². The summed E-state index contributed by atoms with van der Waals surface area (Å²) in [6, 6.07) is 6.10. The van der Waals surface area contributed by atoms with E-state index < -0.39 is 0 Å². The molecule has 0 bridgehead atoms. The molecule has 2 fully saturated rings. The SMILES string of the molecule is CCCCC[C@@H](CC[C@@H]1[C@H]2Cc3cccc(OCC(=O)OCCCC)c3C[C@H]2C[C@H]1O)OC(=O)N1CCCCC1. The van der Waals surface area contributed by atoms with Crippen molar-refractivity contribution in [3.05, 3.63) is 29.3 Å². The van der Waals surface area contributed by atoms with Crippen LogP contribution in [0.25, 0.3) is 0 Å². The molecule has 1 aliphatic heterocycles. The maximum absolute atomic E-state index is 12.9. The standard InChI is InChI=1S/C33H51NO6/c1-3-5-8-13-26(40-33(37)34-17-9-7-10-18-34)15-16-27-28-20-24-12-11-14-31(29(24)21-25(28)22-30(27)35)39-23-32(36)38-19-6-4-2/h11-12,14,25-28,30,35H,3-10,13,15-23H2,1-2H3/t25-,26-,27+,28-,30+/m0/s1. The first kappa shape index (κ1) is 30.7. The van der Waals surface area contributed by atoms with Gasteiger partial charge in [0.05, 0.1) is 12.7 Å². The molecule has 0 aromatic heterocycles. The van der Waals surface area contributed by atoms with Crippen LogP contribution in [0.4, 0.5) is 4.79 Å². The molecule has 1 heterocycles. The monoisotopic (exact) mass is 557 g/mol. The first-order valence-electron chi connectivity index (χ1n) is 16.0. The fourth-order valence-corrected chi connectivity index (χ4v) is 7.00. The second-order valence-corrected chi connectivity index (χ2v) is 12.2. The number of nitrogens with zero attached hydrogens (tertiary/aromatic N) is 1. The number of aliphatic hydroxyl groups is 1. The maximum atomic E-state index is 12.9. The first-order chi connectivity index (χ1) is 19.5. The lowest BCUT2D eigenvalue weighted by Gasteiger charge is -2.33. The van der Waals surface area contributed by atoms with Gasteiger partial charge in [-0.05, 0) is 106 Å². The summed E-state index contributed by atoms with van der Waals surface area (Å²) in [4.78, 5) is 26.8. The zero-order valence-corrected chi connectivity index (χ0v) is 24.8. The minimum absolute atomic E-state index is 0.0743. The van der Waals surface area contributed by atoms with E-state index in [1.165, 1.54) is 17.5 Å². The van der Waals surface area contributed by atoms with Crippen molar-refractivity contribution in [2.75, 3.05) is 26.3 Å². The van der Waals surface area contributed by atoms with Gasteiger partial charge >= 0.3 is 12.1 Å². The second-order valence-electron chi connectivity index (χ2n) is 12.2. The van der Waals surface area contributed by atoms with Crippen LogP contribution in [0.3, 0.4) is 0 Å². The van der Waals surface area contributed by atoms with Crippen LogP contribution in [0.15, 0.2) is 18.2 Å². The van der Waals surface area contributed by atoms with E-state index in [2.05, 4.69) is 19.9 Å². The average Bonchev–Trinajstić information content (AvgIpc) is 3.27. The lowest BCUT2D eigenvalue weighted by atomic mass is 9.73. The van der Waals surface area contributed by atoms with Crippen LogP contribution in [0.2, 0.25) is 0 Å². The van der Waals surface area contributed by atoms with E-state index in [0.29, 0.717) is 18.4 Å². The second kappa shape index (κ2) is 15.6. The molecule has 40 heavy (non-hydrogen) atoms. The first-order valence-corrected chi connectivity index (χ1v) is 16.0. The minimum Gasteiger partial charge on any atom is -0.482 e. The van der Waals surface area contributed by atoms with Crippen LogP contribution < -0.4 is 4.74 Å². The van der Waals surface area contributed by atoms with E-state index in [4.69, 9.17) is 14.2 Å². The van der Waals surface area contributed by atoms with E-state index in [-0.39, 0.29) is 36.8 Å². The molecule has 1 aromatic rings. The third kappa shape index (κ3) is 8.37. The van der Waals surface area contributed by atoms with Crippen molar-refractivity contribution in [2.45, 2.75) is 116 Å². The Kier molecular flexibility index (Phi) is 12.0. The number of likely N-dealkylation sites (tertiary alicyclic amines) is 1. The van der Waals surface area contributed by atoms with Crippen molar-refractivity contribution in [1.82, 2.24) is 4.90 Å². The highest BCUT2D eigenvalue weighted by Crippen LogP contribution is 2.48. The summed E-state index contributed by atoms with van der Waals surface area (Å²) in [6.45, 7) is 6.23. The van der Waals surface area contributed by atoms with E-state index in [9.17, 15) is 14.7 Å². The van der Waals surface area contributed by atoms with E-state index in [1.807, 2.05) is 17.0 Å². The fraction of sp³-hybridized carbons (Fsp3) is 0.758. The van der Waals surface area contributed by atoms with E-state index in [0.717, 1.165) is 102 Å². The Morgan fingerprint density at radius 3 is 2.60 bits per heavy atom. The summed E-state index contributed by atoms with van der Waals surface area (Å²) < 4.78 is 17.2. The Bertz CT molecular complexity index is 945. The molecule has 1 amide bonds. The van der Waals surface area contributed by atoms with Gasteiger partial charge in [-0.25, -0.2) is 9.59 Å². The van der Waals surface area contributed by atoms with Crippen LogP contribution in [-0.4, -0.2) is 60.6 Å². The topological polar surface area (TPSA) is 85.3 Å². The molecule has 1 N–H and O–H groups in total. The van der Waals surface area contributed by atoms with Crippen molar-refractivity contribution < 1.29 is 28.9 Å². The number of hydrogen-bond acceptors (Lipinski definition) is 6. The number of carbonyl (C=O) groups is 2. The summed E-state index contributed by atoms with van der Waals surface area (Å²) in [5.41, 5.74) is 2.43. The van der Waals surface area contributed by atoms with Crippen molar-refractivity contribution >= 4 is 12.1 Å². The number of esters is 1. The summed E-state index contributed by atoms with van der Waals surface area (Å²) in [5, 5.41) is 11.2. The van der Waals surface area contributed by atoms with Gasteiger partial charge in [0.2, 0.25) is 0 Å². The fourth-order valence-electron chi connectivity index (χ4n) is 7.00. The lowest BCUT2D eigenvalue weighted by Crippen LogP contribution is -2.38. The largest absolute Gasteiger partial charge is 0.482 e. The van der Waals surface area contributed by atoms with Crippen LogP contribution in [0.5, 0.6) is 5.75 Å². The van der Waals surface area contributed by atoms with E-state index >= 15 is 0 Å². The molecule has 3 aliphatic rings. The third-order valence-corrected chi connectivity index (χ3v) is 9.29. The summed E-state index contributed by atoms with van der Waals surface area (Å²) in [6.07, 6.45) is 13.1. The van der Waals surface area contributed by atoms with E-state index in [1.54, 1.807) is 0 Å². The number of hydrogen-bond donors (Lipinski definition) is 1. The van der Waals surface area contributed by atoms with Gasteiger partial charge in [0, 0.05) is 13.1 Å². The van der Waals surface area contributed by atoms with Gasteiger partial charge < -0.3 is 24.2 Å². The van der Waals surface area contributed by atoms with Gasteiger partial charge in [-0.3, -0.25) is 0 Å². The van der Waals surface area contributed by atoms with Crippen LogP contribution >= 0.6 is 0 Å². The molecular formula is C33H51NO6. The predicted octanol–water partition coefficient (Wildman–Crippen LogP) is 6.47. The van der Waals surface area contributed by atoms with Gasteiger partial charge in [-0.2, -0.15) is 0 Å². The molecular weight excluding hydrogens is 506 g/mol. The number of ether oxygens (including phenoxy) is 3. The van der Waals surface area contributed by atoms with Crippen molar-refractivity contribution in [3.8, 4) is 5.75 Å².